The van der Waals surface area contributed by atoms with Crippen LogP contribution in [0.25, 0.3) is 16.5 Å². The molecule has 0 spiro atoms. The van der Waals surface area contributed by atoms with Crippen LogP contribution in [0.2, 0.25) is 0 Å². The van der Waals surface area contributed by atoms with E-state index in [0.717, 1.165) is 22.9 Å². The zero-order valence-electron chi connectivity index (χ0n) is 32.5. The monoisotopic (exact) mass is 926 g/mol. The first-order valence-electron chi connectivity index (χ1n) is 17.8. The largest absolute Gasteiger partial charge is 0.505 e. The van der Waals surface area contributed by atoms with Gasteiger partial charge in [-0.25, -0.2) is 4.68 Å². The fraction of sp³-hybridized carbons (Fsp3) is 0.162. The van der Waals surface area contributed by atoms with Gasteiger partial charge in [0.05, 0.1) is 35.2 Å². The molecule has 1 heterocycles. The number of ether oxygens (including phenoxy) is 2. The molecule has 0 saturated carbocycles. The number of aromatic amines is 1. The molecule has 63 heavy (non-hydrogen) atoms. The van der Waals surface area contributed by atoms with Crippen LogP contribution in [0.1, 0.15) is 11.3 Å². The van der Waals surface area contributed by atoms with Gasteiger partial charge < -0.3 is 24.8 Å². The molecule has 0 aliphatic heterocycles. The molecule has 0 aliphatic rings. The topological polar surface area (TPSA) is 354 Å². The molecule has 0 aliphatic carbocycles. The number of hydrogen-bond acceptors (Lipinski definition) is 18. The Hall–Kier alpha value is -6.78. The van der Waals surface area contributed by atoms with Crippen LogP contribution in [-0.2, 0) is 30.4 Å². The predicted molar refractivity (Wildman–Crippen MR) is 221 cm³/mol. The van der Waals surface area contributed by atoms with Crippen molar-refractivity contribution in [1.82, 2.24) is 9.78 Å². The number of phenols is 1. The van der Waals surface area contributed by atoms with E-state index in [2.05, 4.69) is 35.8 Å². The number of phenolic OH excluding ortho intramolecular Hbond substituents is 1. The molecule has 1 aromatic heterocycles. The number of hydrogen-bond donors (Lipinski definition) is 7. The Morgan fingerprint density at radius 3 is 1.76 bits per heavy atom. The normalized spacial score (nSPS) is 12.6. The Bertz CT molecular complexity index is 3240. The summed E-state index contributed by atoms with van der Waals surface area (Å²) in [6.07, 6.45) is 0. The Balaban J connectivity index is 1.38. The van der Waals surface area contributed by atoms with Crippen molar-refractivity contribution in [2.24, 2.45) is 30.7 Å². The maximum atomic E-state index is 13.2. The van der Waals surface area contributed by atoms with Crippen LogP contribution in [0.15, 0.2) is 129 Å². The second-order valence-electron chi connectivity index (χ2n) is 13.1. The van der Waals surface area contributed by atoms with E-state index in [9.17, 15) is 59.0 Å². The van der Waals surface area contributed by atoms with Gasteiger partial charge in [0, 0.05) is 17.5 Å². The number of aliphatic hydroxyl groups excluding tert-OH is 2. The summed E-state index contributed by atoms with van der Waals surface area (Å²) in [4.78, 5) is 11.4. The number of nitrogens with zero attached hydrogens (tertiary/aromatic N) is 7. The first-order chi connectivity index (χ1) is 29.7. The van der Waals surface area contributed by atoms with Crippen molar-refractivity contribution in [2.75, 3.05) is 26.4 Å². The highest BCUT2D eigenvalue weighted by atomic mass is 32.2. The molecule has 23 nitrogen and oxygen atoms in total. The molecule has 7 N–H and O–H groups in total. The zero-order chi connectivity index (χ0) is 45.9. The molecule has 0 saturated heterocycles. The Kier molecular flexibility index (Phi) is 13.3. The number of aryl methyl sites for hydroxylation is 2. The molecule has 0 atom stereocenters. The molecule has 5 aromatic carbocycles. The lowest BCUT2D eigenvalue weighted by molar-refractivity contribution is 0.198. The second kappa shape index (κ2) is 18.3. The van der Waals surface area contributed by atoms with E-state index in [0.29, 0.717) is 5.56 Å². The molecular weight excluding hydrogens is 893 g/mol. The highest BCUT2D eigenvalue weighted by Crippen LogP contribution is 2.45. The smallest absolute Gasteiger partial charge is 0.299 e. The van der Waals surface area contributed by atoms with Gasteiger partial charge in [0.25, 0.3) is 35.9 Å². The fourth-order valence-corrected chi connectivity index (χ4v) is 7.61. The van der Waals surface area contributed by atoms with E-state index in [1.165, 1.54) is 67.6 Å². The summed E-state index contributed by atoms with van der Waals surface area (Å²) in [7, 11) is -14.3. The number of H-pyrrole nitrogens is 1. The van der Waals surface area contributed by atoms with E-state index in [1.54, 1.807) is 6.92 Å². The van der Waals surface area contributed by atoms with Crippen LogP contribution in [-0.4, -0.2) is 90.4 Å². The maximum Gasteiger partial charge on any atom is 0.299 e. The van der Waals surface area contributed by atoms with Gasteiger partial charge in [0.1, 0.15) is 57.3 Å². The molecule has 6 rings (SSSR count). The third-order valence-electron chi connectivity index (χ3n) is 8.67. The van der Waals surface area contributed by atoms with Crippen molar-refractivity contribution in [3.8, 4) is 22.9 Å². The van der Waals surface area contributed by atoms with Gasteiger partial charge in [-0.2, -0.15) is 30.4 Å². The summed E-state index contributed by atoms with van der Waals surface area (Å²) in [6.45, 7) is 1.54. The minimum Gasteiger partial charge on any atom is -0.505 e. The highest BCUT2D eigenvalue weighted by molar-refractivity contribution is 7.86. The summed E-state index contributed by atoms with van der Waals surface area (Å²) >= 11 is 0. The predicted octanol–water partition coefficient (Wildman–Crippen LogP) is 6.37. The van der Waals surface area contributed by atoms with Gasteiger partial charge >= 0.3 is 0 Å². The first kappa shape index (κ1) is 45.7. The van der Waals surface area contributed by atoms with Crippen molar-refractivity contribution in [3.63, 3.8) is 0 Å². The molecule has 0 unspecified atom stereocenters. The number of azo groups is 3. The van der Waals surface area contributed by atoms with Crippen molar-refractivity contribution >= 4 is 75.3 Å². The molecule has 0 bridgehead atoms. The fourth-order valence-electron chi connectivity index (χ4n) is 5.77. The standard InChI is InChI=1S/C37H34N8O15S3/c1-20-3-10-27(32(15-20)62(53,54)55)39-40-28-18-31(60-14-12-47)29(19-30(28)59-13-11-46)41-43-35-33(63(56,57)58)17-22-16-23(4-9-26(22)36(35)48)38-42-34-21(2)44-45(37(34)49)24-5-7-25(8-6-24)61(50,51)52/h3-10,15-19,44,46-48H,11-14H2,1-2H3,(H,50,51,52)(H,53,54,55)(H,56,57,58). The van der Waals surface area contributed by atoms with E-state index in [-0.39, 0.29) is 80.2 Å². The van der Waals surface area contributed by atoms with Crippen LogP contribution < -0.4 is 15.0 Å². The molecule has 330 valence electrons. The van der Waals surface area contributed by atoms with Crippen molar-refractivity contribution < 1.29 is 63.7 Å². The molecular formula is C37H34N8O15S3. The average Bonchev–Trinajstić information content (AvgIpc) is 3.51. The third kappa shape index (κ3) is 10.5. The van der Waals surface area contributed by atoms with Crippen LogP contribution in [0.4, 0.5) is 34.1 Å². The summed E-state index contributed by atoms with van der Waals surface area (Å²) in [5, 5.41) is 57.1. The maximum absolute atomic E-state index is 13.2. The zero-order valence-corrected chi connectivity index (χ0v) is 35.0. The lowest BCUT2D eigenvalue weighted by Crippen LogP contribution is -2.14. The summed E-state index contributed by atoms with van der Waals surface area (Å²) in [5.74, 6) is -1.06. The number of benzene rings is 5. The molecule has 26 heteroatoms. The number of rotatable bonds is 16. The number of aromatic nitrogens is 2. The number of nitrogens with one attached hydrogen (secondary N) is 1. The van der Waals surface area contributed by atoms with Crippen LogP contribution in [0, 0.1) is 13.8 Å². The summed E-state index contributed by atoms with van der Waals surface area (Å²) < 4.78 is 114. The third-order valence-corrected chi connectivity index (χ3v) is 11.3. The number of aliphatic hydroxyl groups is 2. The molecule has 0 fully saturated rings. The number of fused-ring (bicyclic) bond motifs is 1. The van der Waals surface area contributed by atoms with Gasteiger partial charge in [0.15, 0.2) is 11.4 Å². The van der Waals surface area contributed by atoms with Crippen molar-refractivity contribution in [1.29, 1.82) is 0 Å². The van der Waals surface area contributed by atoms with Gasteiger partial charge in [-0.05, 0) is 85.5 Å². The summed E-state index contributed by atoms with van der Waals surface area (Å²) in [5.41, 5.74) is -1.09. The molecule has 0 radical (unpaired) electrons. The van der Waals surface area contributed by atoms with Gasteiger partial charge in [0.2, 0.25) is 0 Å². The number of aromatic hydroxyl groups is 1. The average molecular weight is 927 g/mol. The van der Waals surface area contributed by atoms with E-state index < -0.39 is 70.4 Å². The Morgan fingerprint density at radius 2 is 1.19 bits per heavy atom. The molecule has 6 aromatic rings. The minimum absolute atomic E-state index is 0.00340. The molecule has 0 amide bonds. The summed E-state index contributed by atoms with van der Waals surface area (Å²) in [6, 6.07) is 16.0. The Labute approximate surface area is 356 Å². The second-order valence-corrected chi connectivity index (χ2v) is 17.3. The lowest BCUT2D eigenvalue weighted by Gasteiger charge is -2.13. The van der Waals surface area contributed by atoms with Crippen LogP contribution in [0.3, 0.4) is 0 Å². The van der Waals surface area contributed by atoms with E-state index in [4.69, 9.17) is 9.47 Å². The van der Waals surface area contributed by atoms with Gasteiger partial charge in [-0.3, -0.25) is 23.6 Å². The van der Waals surface area contributed by atoms with Crippen molar-refractivity contribution in [2.45, 2.75) is 28.5 Å². The first-order valence-corrected chi connectivity index (χ1v) is 22.2. The van der Waals surface area contributed by atoms with Gasteiger partial charge in [-0.1, -0.05) is 6.07 Å². The van der Waals surface area contributed by atoms with E-state index >= 15 is 0 Å². The highest BCUT2D eigenvalue weighted by Gasteiger charge is 2.24. The van der Waals surface area contributed by atoms with Crippen LogP contribution in [0.5, 0.6) is 17.2 Å². The Morgan fingerprint density at radius 1 is 0.619 bits per heavy atom. The SMILES string of the molecule is Cc1ccc(N=Nc2cc(OCCO)c(N=Nc3c(S(=O)(=O)O)cc4cc(N=Nc5c(C)[nH]n(-c6ccc(S(=O)(=O)O)cc6)c5=O)ccc4c3O)cc2OCCO)c(S(=O)(=O)O)c1. The van der Waals surface area contributed by atoms with E-state index in [1.807, 2.05) is 0 Å². The van der Waals surface area contributed by atoms with Crippen molar-refractivity contribution in [3.05, 3.63) is 100 Å². The lowest BCUT2D eigenvalue weighted by atomic mass is 10.1. The van der Waals surface area contributed by atoms with Crippen LogP contribution >= 0.6 is 0 Å². The minimum atomic E-state index is -5.14. The van der Waals surface area contributed by atoms with Gasteiger partial charge in [-0.15, -0.1) is 25.6 Å². The quantitative estimate of drug-likeness (QED) is 0.0409.